The number of benzene rings is 1. The third-order valence-corrected chi connectivity index (χ3v) is 5.80. The number of nitrogens with zero attached hydrogens (tertiary/aromatic N) is 2. The molecule has 0 radical (unpaired) electrons. The molecule has 0 N–H and O–H groups in total. The van der Waals surface area contributed by atoms with E-state index >= 15 is 0 Å². The Morgan fingerprint density at radius 1 is 1.33 bits per heavy atom. The third-order valence-electron chi connectivity index (χ3n) is 4.84. The first kappa shape index (κ1) is 17.9. The van der Waals surface area contributed by atoms with Crippen LogP contribution in [0.1, 0.15) is 33.8 Å². The van der Waals surface area contributed by atoms with E-state index in [0.29, 0.717) is 37.7 Å². The quantitative estimate of drug-likeness (QED) is 0.628. The zero-order valence-corrected chi connectivity index (χ0v) is 16.3. The lowest BCUT2D eigenvalue weighted by Gasteiger charge is -2.34. The van der Waals surface area contributed by atoms with Gasteiger partial charge in [-0.25, -0.2) is 9.78 Å². The Morgan fingerprint density at radius 3 is 2.96 bits per heavy atom. The number of pyridine rings is 1. The summed E-state index contributed by atoms with van der Waals surface area (Å²) < 4.78 is 11.3. The number of morpholine rings is 1. The molecule has 6 heteroatoms. The fourth-order valence-electron chi connectivity index (χ4n) is 3.53. The maximum absolute atomic E-state index is 12.8. The van der Waals surface area contributed by atoms with Crippen molar-refractivity contribution in [3.05, 3.63) is 57.8 Å². The van der Waals surface area contributed by atoms with E-state index < -0.39 is 0 Å². The molecule has 1 atom stereocenters. The van der Waals surface area contributed by atoms with Crippen LogP contribution in [-0.4, -0.2) is 37.3 Å². The first-order valence-electron chi connectivity index (χ1n) is 9.15. The van der Waals surface area contributed by atoms with Crippen LogP contribution in [0.3, 0.4) is 0 Å². The van der Waals surface area contributed by atoms with Gasteiger partial charge < -0.3 is 14.4 Å². The average Bonchev–Trinajstić information content (AvgIpc) is 3.23. The maximum atomic E-state index is 12.8. The van der Waals surface area contributed by atoms with Crippen molar-refractivity contribution in [2.24, 2.45) is 0 Å². The van der Waals surface area contributed by atoms with E-state index in [1.165, 1.54) is 4.88 Å². The predicted octanol–water partition coefficient (Wildman–Crippen LogP) is 4.36. The summed E-state index contributed by atoms with van der Waals surface area (Å²) in [5.41, 5.74) is 2.35. The summed E-state index contributed by atoms with van der Waals surface area (Å²) in [5, 5.41) is 3.03. The van der Waals surface area contributed by atoms with Gasteiger partial charge in [0, 0.05) is 16.8 Å². The lowest BCUT2D eigenvalue weighted by molar-refractivity contribution is 0.0411. The van der Waals surface area contributed by atoms with Crippen LogP contribution in [0, 0.1) is 6.92 Å². The molecule has 1 aromatic carbocycles. The molecule has 1 saturated heterocycles. The first-order chi connectivity index (χ1) is 13.2. The molecule has 5 nitrogen and oxygen atoms in total. The Labute approximate surface area is 162 Å². The van der Waals surface area contributed by atoms with Crippen molar-refractivity contribution in [1.82, 2.24) is 4.98 Å². The van der Waals surface area contributed by atoms with Gasteiger partial charge in [-0.15, -0.1) is 11.3 Å². The van der Waals surface area contributed by atoms with Gasteiger partial charge in [-0.1, -0.05) is 24.3 Å². The van der Waals surface area contributed by atoms with Crippen LogP contribution >= 0.6 is 11.3 Å². The van der Waals surface area contributed by atoms with Crippen LogP contribution in [0.2, 0.25) is 0 Å². The fourth-order valence-corrected chi connectivity index (χ4v) is 4.29. The number of thiophene rings is 1. The van der Waals surface area contributed by atoms with Crippen LogP contribution in [0.25, 0.3) is 10.9 Å². The number of anilines is 1. The van der Waals surface area contributed by atoms with Crippen molar-refractivity contribution >= 4 is 34.0 Å². The fraction of sp³-hybridized carbons (Fsp3) is 0.333. The Hall–Kier alpha value is -2.44. The lowest BCUT2D eigenvalue weighted by Crippen LogP contribution is -2.39. The maximum Gasteiger partial charge on any atom is 0.342 e. The Bertz CT molecular complexity index is 955. The largest absolute Gasteiger partial charge is 0.462 e. The van der Waals surface area contributed by atoms with Gasteiger partial charge in [0.25, 0.3) is 0 Å². The molecule has 0 bridgehead atoms. The molecule has 1 unspecified atom stereocenters. The van der Waals surface area contributed by atoms with Crippen molar-refractivity contribution in [3.8, 4) is 0 Å². The Balaban J connectivity index is 1.79. The molecule has 0 aliphatic carbocycles. The van der Waals surface area contributed by atoms with Gasteiger partial charge in [-0.2, -0.15) is 0 Å². The van der Waals surface area contributed by atoms with Crippen molar-refractivity contribution in [2.75, 3.05) is 31.2 Å². The number of hydrogen-bond acceptors (Lipinski definition) is 6. The normalized spacial score (nSPS) is 17.3. The molecule has 140 valence electrons. The van der Waals surface area contributed by atoms with E-state index in [-0.39, 0.29) is 12.1 Å². The topological polar surface area (TPSA) is 51.7 Å². The minimum absolute atomic E-state index is 0.0117. The van der Waals surface area contributed by atoms with Crippen molar-refractivity contribution in [3.63, 3.8) is 0 Å². The molecule has 3 aromatic rings. The van der Waals surface area contributed by atoms with Gasteiger partial charge in [-0.3, -0.25) is 0 Å². The van der Waals surface area contributed by atoms with Crippen LogP contribution in [0.5, 0.6) is 0 Å². The number of carbonyl (C=O) groups is 1. The number of ether oxygens (including phenoxy) is 2. The molecule has 0 spiro atoms. The Morgan fingerprint density at radius 2 is 2.19 bits per heavy atom. The van der Waals surface area contributed by atoms with E-state index in [1.54, 1.807) is 11.3 Å². The molecule has 1 aliphatic heterocycles. The molecule has 4 rings (SSSR count). The van der Waals surface area contributed by atoms with Crippen LogP contribution in [0.15, 0.2) is 41.8 Å². The number of rotatable bonds is 4. The van der Waals surface area contributed by atoms with Crippen molar-refractivity contribution < 1.29 is 14.3 Å². The lowest BCUT2D eigenvalue weighted by atomic mass is 10.0. The molecule has 27 heavy (non-hydrogen) atoms. The highest BCUT2D eigenvalue weighted by molar-refractivity contribution is 7.10. The number of carbonyl (C=O) groups excluding carboxylic acids is 1. The molecule has 3 heterocycles. The number of esters is 1. The first-order valence-corrected chi connectivity index (χ1v) is 10.0. The highest BCUT2D eigenvalue weighted by Crippen LogP contribution is 2.33. The van der Waals surface area contributed by atoms with E-state index in [1.807, 2.05) is 44.2 Å². The summed E-state index contributed by atoms with van der Waals surface area (Å²) in [4.78, 5) is 21.0. The molecular weight excluding hydrogens is 360 g/mol. The highest BCUT2D eigenvalue weighted by atomic mass is 32.1. The SMILES string of the molecule is CCOC(=O)c1c(N2CCOC(c3cccs3)C2)nc2ccccc2c1C. The van der Waals surface area contributed by atoms with Crippen molar-refractivity contribution in [2.45, 2.75) is 20.0 Å². The number of para-hydroxylation sites is 1. The van der Waals surface area contributed by atoms with Gasteiger partial charge in [0.1, 0.15) is 17.5 Å². The second-order valence-corrected chi connectivity index (χ2v) is 7.47. The van der Waals surface area contributed by atoms with Crippen molar-refractivity contribution in [1.29, 1.82) is 0 Å². The highest BCUT2D eigenvalue weighted by Gasteiger charge is 2.29. The summed E-state index contributed by atoms with van der Waals surface area (Å²) in [6, 6.07) is 12.0. The van der Waals surface area contributed by atoms with Crippen LogP contribution in [-0.2, 0) is 9.47 Å². The number of aryl methyl sites for hydroxylation is 1. The number of hydrogen-bond donors (Lipinski definition) is 0. The molecular formula is C21H22N2O3S. The van der Waals surface area contributed by atoms with E-state index in [0.717, 1.165) is 16.5 Å². The minimum Gasteiger partial charge on any atom is -0.462 e. The summed E-state index contributed by atoms with van der Waals surface area (Å²) in [6.45, 7) is 6.08. The monoisotopic (exact) mass is 382 g/mol. The van der Waals surface area contributed by atoms with Gasteiger partial charge in [0.05, 0.1) is 25.3 Å². The summed E-state index contributed by atoms with van der Waals surface area (Å²) >= 11 is 1.69. The smallest absolute Gasteiger partial charge is 0.342 e. The average molecular weight is 382 g/mol. The zero-order chi connectivity index (χ0) is 18.8. The Kier molecular flexibility index (Phi) is 5.09. The van der Waals surface area contributed by atoms with Crippen LogP contribution in [0.4, 0.5) is 5.82 Å². The second-order valence-electron chi connectivity index (χ2n) is 6.49. The zero-order valence-electron chi connectivity index (χ0n) is 15.5. The van der Waals surface area contributed by atoms with Gasteiger partial charge in [0.15, 0.2) is 0 Å². The van der Waals surface area contributed by atoms with Gasteiger partial charge >= 0.3 is 5.97 Å². The molecule has 1 fully saturated rings. The molecule has 2 aromatic heterocycles. The summed E-state index contributed by atoms with van der Waals surface area (Å²) in [7, 11) is 0. The van der Waals surface area contributed by atoms with E-state index in [2.05, 4.69) is 16.3 Å². The number of fused-ring (bicyclic) bond motifs is 1. The second kappa shape index (κ2) is 7.66. The standard InChI is InChI=1S/C21H22N2O3S/c1-3-25-21(24)19-14(2)15-7-4-5-8-16(15)22-20(19)23-10-11-26-17(13-23)18-9-6-12-27-18/h4-9,12,17H,3,10-11,13H2,1-2H3. The van der Waals surface area contributed by atoms with Gasteiger partial charge in [-0.05, 0) is 36.9 Å². The minimum atomic E-state index is -0.317. The third kappa shape index (κ3) is 3.42. The summed E-state index contributed by atoms with van der Waals surface area (Å²) in [6.07, 6.45) is -0.0117. The molecule has 1 aliphatic rings. The van der Waals surface area contributed by atoms with E-state index in [9.17, 15) is 4.79 Å². The predicted molar refractivity (Wildman–Crippen MR) is 108 cm³/mol. The molecule has 0 saturated carbocycles. The number of aromatic nitrogens is 1. The van der Waals surface area contributed by atoms with Crippen LogP contribution < -0.4 is 4.90 Å². The van der Waals surface area contributed by atoms with E-state index in [4.69, 9.17) is 14.5 Å². The molecule has 0 amide bonds. The summed E-state index contributed by atoms with van der Waals surface area (Å²) in [5.74, 6) is 0.372. The van der Waals surface area contributed by atoms with Gasteiger partial charge in [0.2, 0.25) is 0 Å².